The Kier molecular flexibility index (Phi) is 63.5. The second-order valence-electron chi connectivity index (χ2n) is 23.1. The molecule has 0 rings (SSSR count). The van der Waals surface area contributed by atoms with E-state index < -0.39 is 12.1 Å². The summed E-state index contributed by atoms with van der Waals surface area (Å²) in [4.78, 5) is 24.6. The SMILES string of the molecule is CCCCC/C=C\C/C=C\CCCCCCCCCC(=O)OCCCCCCCCCCC/C=C\CCCCCCCCCC(=O)NC(CO)C(O)/C=C/CCCCCCCCCCCCCCCCCCCCCC. The summed E-state index contributed by atoms with van der Waals surface area (Å²) in [5, 5.41) is 23.2. The molecule has 0 saturated heterocycles. The molecule has 76 heavy (non-hydrogen) atoms. The highest BCUT2D eigenvalue weighted by atomic mass is 16.5. The first-order valence-corrected chi connectivity index (χ1v) is 33.9. The number of carbonyl (C=O) groups is 2. The molecule has 0 spiro atoms. The zero-order valence-corrected chi connectivity index (χ0v) is 51.0. The van der Waals surface area contributed by atoms with Gasteiger partial charge < -0.3 is 20.3 Å². The van der Waals surface area contributed by atoms with E-state index in [0.717, 1.165) is 57.8 Å². The van der Waals surface area contributed by atoms with Crippen LogP contribution in [0.4, 0.5) is 0 Å². The Bertz CT molecular complexity index is 1270. The second-order valence-corrected chi connectivity index (χ2v) is 23.1. The molecule has 0 aliphatic heterocycles. The molecule has 0 aromatic heterocycles. The number of aliphatic hydroxyl groups is 2. The van der Waals surface area contributed by atoms with Crippen LogP contribution in [0.5, 0.6) is 0 Å². The van der Waals surface area contributed by atoms with Crippen LogP contribution in [0.15, 0.2) is 48.6 Å². The number of hydrogen-bond donors (Lipinski definition) is 3. The topological polar surface area (TPSA) is 95.9 Å². The largest absolute Gasteiger partial charge is 0.466 e. The highest BCUT2D eigenvalue weighted by Crippen LogP contribution is 2.18. The summed E-state index contributed by atoms with van der Waals surface area (Å²) >= 11 is 0. The first-order valence-electron chi connectivity index (χ1n) is 33.9. The van der Waals surface area contributed by atoms with Gasteiger partial charge in [0.15, 0.2) is 0 Å². The number of rotatable bonds is 63. The van der Waals surface area contributed by atoms with Gasteiger partial charge in [0.1, 0.15) is 0 Å². The lowest BCUT2D eigenvalue weighted by atomic mass is 10.0. The number of hydrogen-bond acceptors (Lipinski definition) is 5. The maximum Gasteiger partial charge on any atom is 0.305 e. The van der Waals surface area contributed by atoms with Crippen molar-refractivity contribution in [2.24, 2.45) is 0 Å². The Morgan fingerprint density at radius 3 is 1.04 bits per heavy atom. The summed E-state index contributed by atoms with van der Waals surface area (Å²) in [5.74, 6) is -0.0761. The molecule has 0 aromatic rings. The molecule has 0 fully saturated rings. The van der Waals surface area contributed by atoms with Crippen molar-refractivity contribution in [1.82, 2.24) is 5.32 Å². The van der Waals surface area contributed by atoms with Crippen LogP contribution in [-0.4, -0.2) is 47.4 Å². The van der Waals surface area contributed by atoms with Gasteiger partial charge in [0.2, 0.25) is 5.91 Å². The van der Waals surface area contributed by atoms with Crippen LogP contribution >= 0.6 is 0 Å². The molecule has 0 bridgehead atoms. The van der Waals surface area contributed by atoms with Crippen molar-refractivity contribution in [3.05, 3.63) is 48.6 Å². The Balaban J connectivity index is 3.46. The minimum Gasteiger partial charge on any atom is -0.466 e. The molecule has 1 amide bonds. The third-order valence-corrected chi connectivity index (χ3v) is 15.6. The predicted octanol–water partition coefficient (Wildman–Crippen LogP) is 21.7. The summed E-state index contributed by atoms with van der Waals surface area (Å²) < 4.78 is 5.49. The van der Waals surface area contributed by atoms with Crippen molar-refractivity contribution in [1.29, 1.82) is 0 Å². The van der Waals surface area contributed by atoms with Crippen LogP contribution < -0.4 is 5.32 Å². The molecule has 0 radical (unpaired) electrons. The molecule has 2 atom stereocenters. The summed E-state index contributed by atoms with van der Waals surface area (Å²) in [6, 6.07) is -0.637. The number of nitrogens with one attached hydrogen (secondary N) is 1. The first kappa shape index (κ1) is 73.8. The zero-order valence-electron chi connectivity index (χ0n) is 51.0. The van der Waals surface area contributed by atoms with E-state index in [2.05, 4.69) is 55.6 Å². The molecule has 6 heteroatoms. The minimum absolute atomic E-state index is 0.00201. The van der Waals surface area contributed by atoms with Gasteiger partial charge in [0.25, 0.3) is 0 Å². The number of esters is 1. The number of allylic oxidation sites excluding steroid dienone is 7. The van der Waals surface area contributed by atoms with E-state index in [1.54, 1.807) is 6.08 Å². The summed E-state index contributed by atoms with van der Waals surface area (Å²) in [7, 11) is 0. The van der Waals surface area contributed by atoms with Crippen LogP contribution in [0.25, 0.3) is 0 Å². The summed E-state index contributed by atoms with van der Waals surface area (Å²) in [6.45, 7) is 4.89. The van der Waals surface area contributed by atoms with Crippen molar-refractivity contribution >= 4 is 11.9 Å². The third-order valence-electron chi connectivity index (χ3n) is 15.6. The van der Waals surface area contributed by atoms with Crippen LogP contribution in [0, 0.1) is 0 Å². The molecule has 0 aliphatic carbocycles. The Morgan fingerprint density at radius 2 is 0.658 bits per heavy atom. The van der Waals surface area contributed by atoms with Crippen molar-refractivity contribution in [3.8, 4) is 0 Å². The summed E-state index contributed by atoms with van der Waals surface area (Å²) in [5.41, 5.74) is 0. The smallest absolute Gasteiger partial charge is 0.305 e. The fourth-order valence-corrected chi connectivity index (χ4v) is 10.4. The van der Waals surface area contributed by atoms with E-state index in [-0.39, 0.29) is 18.5 Å². The van der Waals surface area contributed by atoms with E-state index >= 15 is 0 Å². The fraction of sp³-hybridized carbons (Fsp3) is 0.857. The maximum atomic E-state index is 12.5. The van der Waals surface area contributed by atoms with E-state index in [4.69, 9.17) is 4.74 Å². The zero-order chi connectivity index (χ0) is 55.0. The first-order chi connectivity index (χ1) is 37.5. The van der Waals surface area contributed by atoms with Crippen molar-refractivity contribution in [3.63, 3.8) is 0 Å². The Labute approximate surface area is 474 Å². The standard InChI is InChI=1S/C70H131NO5/c1-3-5-7-9-11-13-15-17-19-21-22-23-24-27-31-34-38-42-46-50-54-58-62-68(73)67(66-72)71-69(74)63-59-55-51-47-43-39-35-32-28-25-26-29-33-37-41-45-49-53-57-61-65-76-70(75)64-60-56-52-48-44-40-36-30-20-18-16-14-12-10-8-6-4-2/h12,14,18,20,25,28,58,62,67-68,72-73H,3-11,13,15-17,19,21-24,26-27,29-57,59-61,63-66H2,1-2H3,(H,71,74)/b14-12-,20-18-,28-25-,62-58+. The molecule has 0 saturated carbocycles. The molecule has 6 nitrogen and oxygen atoms in total. The lowest BCUT2D eigenvalue weighted by molar-refractivity contribution is -0.143. The average Bonchev–Trinajstić information content (AvgIpc) is 3.42. The summed E-state index contributed by atoms with van der Waals surface area (Å²) in [6.07, 6.45) is 84.5. The van der Waals surface area contributed by atoms with Crippen LogP contribution in [0.1, 0.15) is 361 Å². The predicted molar refractivity (Wildman–Crippen MR) is 333 cm³/mol. The van der Waals surface area contributed by atoms with E-state index in [9.17, 15) is 19.8 Å². The van der Waals surface area contributed by atoms with Gasteiger partial charge in [-0.05, 0) is 89.9 Å². The van der Waals surface area contributed by atoms with Gasteiger partial charge in [0.05, 0.1) is 25.4 Å². The Morgan fingerprint density at radius 1 is 0.368 bits per heavy atom. The van der Waals surface area contributed by atoms with Crippen molar-refractivity contribution < 1.29 is 24.5 Å². The van der Waals surface area contributed by atoms with Crippen molar-refractivity contribution in [2.45, 2.75) is 373 Å². The number of amides is 1. The normalized spacial score (nSPS) is 12.8. The molecule has 2 unspecified atom stereocenters. The average molecular weight is 1070 g/mol. The molecule has 0 heterocycles. The van der Waals surface area contributed by atoms with Gasteiger partial charge in [0, 0.05) is 12.8 Å². The highest BCUT2D eigenvalue weighted by Gasteiger charge is 2.18. The monoisotopic (exact) mass is 1070 g/mol. The molecule has 446 valence electrons. The number of carbonyl (C=O) groups excluding carboxylic acids is 2. The number of unbranched alkanes of at least 4 members (excludes halogenated alkanes) is 46. The van der Waals surface area contributed by atoms with Gasteiger partial charge in [-0.3, -0.25) is 9.59 Å². The molecular weight excluding hydrogens is 935 g/mol. The molecule has 3 N–H and O–H groups in total. The van der Waals surface area contributed by atoms with E-state index in [0.29, 0.717) is 19.4 Å². The van der Waals surface area contributed by atoms with Crippen LogP contribution in [0.2, 0.25) is 0 Å². The lowest BCUT2D eigenvalue weighted by Gasteiger charge is -2.20. The third kappa shape index (κ3) is 61.0. The van der Waals surface area contributed by atoms with Gasteiger partial charge in [-0.2, -0.15) is 0 Å². The Hall–Kier alpha value is -2.18. The van der Waals surface area contributed by atoms with Gasteiger partial charge >= 0.3 is 5.97 Å². The number of aliphatic hydroxyl groups excluding tert-OH is 2. The van der Waals surface area contributed by atoms with Gasteiger partial charge in [-0.15, -0.1) is 0 Å². The maximum absolute atomic E-state index is 12.5. The van der Waals surface area contributed by atoms with Crippen LogP contribution in [-0.2, 0) is 14.3 Å². The number of ether oxygens (including phenoxy) is 1. The second kappa shape index (κ2) is 65.3. The fourth-order valence-electron chi connectivity index (χ4n) is 10.4. The lowest BCUT2D eigenvalue weighted by Crippen LogP contribution is -2.45. The molecular formula is C70H131NO5. The molecule has 0 aromatic carbocycles. The van der Waals surface area contributed by atoms with E-state index in [1.165, 1.54) is 276 Å². The molecule has 0 aliphatic rings. The van der Waals surface area contributed by atoms with Gasteiger partial charge in [-0.1, -0.05) is 306 Å². The van der Waals surface area contributed by atoms with Gasteiger partial charge in [-0.25, -0.2) is 0 Å². The highest BCUT2D eigenvalue weighted by molar-refractivity contribution is 5.76. The van der Waals surface area contributed by atoms with E-state index in [1.807, 2.05) is 6.08 Å². The van der Waals surface area contributed by atoms with Crippen LogP contribution in [0.3, 0.4) is 0 Å². The van der Waals surface area contributed by atoms with Crippen molar-refractivity contribution in [2.75, 3.05) is 13.2 Å². The minimum atomic E-state index is -0.852. The quantitative estimate of drug-likeness (QED) is 0.0320.